The molecule has 1 aromatic carbocycles. The molecule has 0 heterocycles. The summed E-state index contributed by atoms with van der Waals surface area (Å²) >= 11 is 0. The standard InChI is InChI=1S/C17H22N2O4/c1-11(17(22)23)18-16(21)13-6-8-14(9-7-13)19-15(20)10-12-4-2-3-5-12/h6-9,11-12H,2-5,10H2,1H3,(H,18,21)(H,19,20)(H,22,23)/t11-/m1/s1. The largest absolute Gasteiger partial charge is 0.480 e. The van der Waals surface area contributed by atoms with E-state index in [0.717, 1.165) is 12.8 Å². The third-order valence-corrected chi connectivity index (χ3v) is 4.10. The Morgan fingerprint density at radius 2 is 1.78 bits per heavy atom. The summed E-state index contributed by atoms with van der Waals surface area (Å²) in [6.45, 7) is 1.40. The topological polar surface area (TPSA) is 95.5 Å². The molecule has 0 unspecified atom stereocenters. The Morgan fingerprint density at radius 1 is 1.17 bits per heavy atom. The zero-order valence-corrected chi connectivity index (χ0v) is 13.2. The van der Waals surface area contributed by atoms with Gasteiger partial charge in [-0.1, -0.05) is 12.8 Å². The second kappa shape index (κ2) is 7.76. The van der Waals surface area contributed by atoms with Crippen molar-refractivity contribution in [3.63, 3.8) is 0 Å². The minimum absolute atomic E-state index is 0.00593. The number of aliphatic carboxylic acids is 1. The van der Waals surface area contributed by atoms with Gasteiger partial charge in [0.2, 0.25) is 5.91 Å². The van der Waals surface area contributed by atoms with Crippen molar-refractivity contribution in [2.24, 2.45) is 5.92 Å². The molecule has 23 heavy (non-hydrogen) atoms. The molecule has 0 spiro atoms. The SMILES string of the molecule is C[C@@H](NC(=O)c1ccc(NC(=O)CC2CCCC2)cc1)C(=O)O. The van der Waals surface area contributed by atoms with E-state index >= 15 is 0 Å². The molecule has 1 fully saturated rings. The Labute approximate surface area is 135 Å². The van der Waals surface area contributed by atoms with E-state index in [1.165, 1.54) is 19.8 Å². The maximum atomic E-state index is 12.0. The molecule has 6 nitrogen and oxygen atoms in total. The zero-order chi connectivity index (χ0) is 16.8. The van der Waals surface area contributed by atoms with Crippen LogP contribution in [0.4, 0.5) is 5.69 Å². The Kier molecular flexibility index (Phi) is 5.73. The number of carbonyl (C=O) groups excluding carboxylic acids is 2. The maximum absolute atomic E-state index is 12.0. The van der Waals surface area contributed by atoms with Crippen LogP contribution in [0.15, 0.2) is 24.3 Å². The first kappa shape index (κ1) is 17.0. The van der Waals surface area contributed by atoms with E-state index in [1.54, 1.807) is 24.3 Å². The van der Waals surface area contributed by atoms with E-state index in [-0.39, 0.29) is 5.91 Å². The summed E-state index contributed by atoms with van der Waals surface area (Å²) in [4.78, 5) is 34.5. The first-order valence-electron chi connectivity index (χ1n) is 7.89. The lowest BCUT2D eigenvalue weighted by atomic mass is 10.0. The monoisotopic (exact) mass is 318 g/mol. The normalized spacial score (nSPS) is 15.9. The Hall–Kier alpha value is -2.37. The fraction of sp³-hybridized carbons (Fsp3) is 0.471. The molecule has 2 rings (SSSR count). The van der Waals surface area contributed by atoms with Gasteiger partial charge in [-0.15, -0.1) is 0 Å². The van der Waals surface area contributed by atoms with Crippen LogP contribution in [0.2, 0.25) is 0 Å². The number of rotatable bonds is 6. The van der Waals surface area contributed by atoms with E-state index < -0.39 is 17.9 Å². The average Bonchev–Trinajstić information content (AvgIpc) is 3.00. The number of carboxylic acids is 1. The zero-order valence-electron chi connectivity index (χ0n) is 13.2. The summed E-state index contributed by atoms with van der Waals surface area (Å²) in [6, 6.07) is 5.47. The lowest BCUT2D eigenvalue weighted by molar-refractivity contribution is -0.138. The summed E-state index contributed by atoms with van der Waals surface area (Å²) in [5.41, 5.74) is 0.989. The van der Waals surface area contributed by atoms with Crippen molar-refractivity contribution in [2.45, 2.75) is 45.1 Å². The molecule has 3 N–H and O–H groups in total. The molecule has 1 saturated carbocycles. The number of carbonyl (C=O) groups is 3. The molecule has 1 atom stereocenters. The molecule has 0 aromatic heterocycles. The fourth-order valence-corrected chi connectivity index (χ4v) is 2.74. The van der Waals surface area contributed by atoms with Crippen molar-refractivity contribution in [1.82, 2.24) is 5.32 Å². The highest BCUT2D eigenvalue weighted by atomic mass is 16.4. The second-order valence-electron chi connectivity index (χ2n) is 6.01. The van der Waals surface area contributed by atoms with Crippen molar-refractivity contribution < 1.29 is 19.5 Å². The van der Waals surface area contributed by atoms with Crippen LogP contribution in [-0.4, -0.2) is 28.9 Å². The number of hydrogen-bond donors (Lipinski definition) is 3. The molecule has 124 valence electrons. The minimum Gasteiger partial charge on any atom is -0.480 e. The van der Waals surface area contributed by atoms with Crippen LogP contribution >= 0.6 is 0 Å². The minimum atomic E-state index is -1.09. The van der Waals surface area contributed by atoms with Gasteiger partial charge in [0.15, 0.2) is 0 Å². The van der Waals surface area contributed by atoms with Gasteiger partial charge in [-0.3, -0.25) is 14.4 Å². The fourth-order valence-electron chi connectivity index (χ4n) is 2.74. The smallest absolute Gasteiger partial charge is 0.325 e. The molecule has 0 saturated heterocycles. The average molecular weight is 318 g/mol. The molecular weight excluding hydrogens is 296 g/mol. The highest BCUT2D eigenvalue weighted by molar-refractivity contribution is 5.97. The Balaban J connectivity index is 1.87. The van der Waals surface area contributed by atoms with Crippen LogP contribution in [0.25, 0.3) is 0 Å². The highest BCUT2D eigenvalue weighted by Crippen LogP contribution is 2.27. The quantitative estimate of drug-likeness (QED) is 0.750. The van der Waals surface area contributed by atoms with E-state index in [9.17, 15) is 14.4 Å². The molecule has 2 amide bonds. The number of benzene rings is 1. The summed E-state index contributed by atoms with van der Waals surface area (Å²) in [5, 5.41) is 14.0. The molecule has 0 radical (unpaired) electrons. The number of hydrogen-bond acceptors (Lipinski definition) is 3. The van der Waals surface area contributed by atoms with Gasteiger partial charge in [0, 0.05) is 17.7 Å². The molecule has 1 aromatic rings. The number of carboxylic acid groups (broad SMARTS) is 1. The third kappa shape index (κ3) is 5.09. The van der Waals surface area contributed by atoms with Crippen LogP contribution in [0.5, 0.6) is 0 Å². The molecule has 0 bridgehead atoms. The van der Waals surface area contributed by atoms with Crippen LogP contribution in [-0.2, 0) is 9.59 Å². The molecule has 1 aliphatic rings. The molecule has 6 heteroatoms. The van der Waals surface area contributed by atoms with Gasteiger partial charge in [0.25, 0.3) is 5.91 Å². The Morgan fingerprint density at radius 3 is 2.35 bits per heavy atom. The highest BCUT2D eigenvalue weighted by Gasteiger charge is 2.19. The van der Waals surface area contributed by atoms with E-state index in [1.807, 2.05) is 0 Å². The van der Waals surface area contributed by atoms with Gasteiger partial charge in [0.1, 0.15) is 6.04 Å². The van der Waals surface area contributed by atoms with Crippen LogP contribution in [0, 0.1) is 5.92 Å². The van der Waals surface area contributed by atoms with E-state index in [2.05, 4.69) is 10.6 Å². The third-order valence-electron chi connectivity index (χ3n) is 4.10. The van der Waals surface area contributed by atoms with Crippen molar-refractivity contribution >= 4 is 23.5 Å². The number of anilines is 1. The molecule has 0 aliphatic heterocycles. The van der Waals surface area contributed by atoms with Gasteiger partial charge >= 0.3 is 5.97 Å². The van der Waals surface area contributed by atoms with Gasteiger partial charge in [-0.2, -0.15) is 0 Å². The van der Waals surface area contributed by atoms with Crippen LogP contribution < -0.4 is 10.6 Å². The summed E-state index contributed by atoms with van der Waals surface area (Å²) in [6.07, 6.45) is 5.19. The predicted octanol–water partition coefficient (Wildman–Crippen LogP) is 2.41. The lowest BCUT2D eigenvalue weighted by Gasteiger charge is -2.11. The van der Waals surface area contributed by atoms with E-state index in [4.69, 9.17) is 5.11 Å². The van der Waals surface area contributed by atoms with Gasteiger partial charge in [-0.05, 0) is 49.9 Å². The van der Waals surface area contributed by atoms with Gasteiger partial charge in [0.05, 0.1) is 0 Å². The van der Waals surface area contributed by atoms with Crippen LogP contribution in [0.1, 0.15) is 49.4 Å². The second-order valence-corrected chi connectivity index (χ2v) is 6.01. The summed E-state index contributed by atoms with van der Waals surface area (Å²) in [7, 11) is 0. The predicted molar refractivity (Wildman–Crippen MR) is 86.2 cm³/mol. The number of nitrogens with one attached hydrogen (secondary N) is 2. The Bertz CT molecular complexity index is 577. The van der Waals surface area contributed by atoms with Crippen molar-refractivity contribution in [1.29, 1.82) is 0 Å². The summed E-state index contributed by atoms with van der Waals surface area (Å²) < 4.78 is 0. The van der Waals surface area contributed by atoms with Crippen molar-refractivity contribution in [2.75, 3.05) is 5.32 Å². The summed E-state index contributed by atoms with van der Waals surface area (Å²) in [5.74, 6) is -1.07. The maximum Gasteiger partial charge on any atom is 0.325 e. The molecular formula is C17H22N2O4. The van der Waals surface area contributed by atoms with E-state index in [0.29, 0.717) is 23.6 Å². The van der Waals surface area contributed by atoms with Crippen LogP contribution in [0.3, 0.4) is 0 Å². The van der Waals surface area contributed by atoms with Crippen molar-refractivity contribution in [3.05, 3.63) is 29.8 Å². The van der Waals surface area contributed by atoms with Crippen molar-refractivity contribution in [3.8, 4) is 0 Å². The first-order valence-corrected chi connectivity index (χ1v) is 7.89. The molecule has 1 aliphatic carbocycles. The lowest BCUT2D eigenvalue weighted by Crippen LogP contribution is -2.38. The first-order chi connectivity index (χ1) is 11.0. The number of amides is 2. The van der Waals surface area contributed by atoms with Gasteiger partial charge < -0.3 is 15.7 Å². The van der Waals surface area contributed by atoms with Gasteiger partial charge in [-0.25, -0.2) is 0 Å².